The first kappa shape index (κ1) is 18.9. The molecule has 1 aromatic carbocycles. The number of esters is 1. The molecule has 0 bridgehead atoms. The van der Waals surface area contributed by atoms with E-state index in [1.165, 1.54) is 23.8 Å². The second-order valence-corrected chi connectivity index (χ2v) is 8.95. The van der Waals surface area contributed by atoms with Crippen molar-refractivity contribution in [1.29, 1.82) is 0 Å². The van der Waals surface area contributed by atoms with Crippen molar-refractivity contribution < 1.29 is 23.3 Å². The molecular weight excluding hydrogens is 376 g/mol. The van der Waals surface area contributed by atoms with E-state index in [1.807, 2.05) is 32.0 Å². The van der Waals surface area contributed by atoms with E-state index in [2.05, 4.69) is 5.32 Å². The maximum atomic E-state index is 12.4. The zero-order chi connectivity index (χ0) is 18.9. The fourth-order valence-corrected chi connectivity index (χ4v) is 5.20. The standard InChI is InChI=1S/C17H20N2O5S2/c1-17(2)13(16(22)23-3)19-14(21)12(15(19)26-17)18-11(20)9-25-24-10-7-5-4-6-8-10/h4-8,12-13,15H,9H2,1-3H3,(H,18,20)/t12?,13-,15+/m0/s1. The zero-order valence-corrected chi connectivity index (χ0v) is 16.3. The van der Waals surface area contributed by atoms with Gasteiger partial charge in [-0.15, -0.1) is 11.8 Å². The van der Waals surface area contributed by atoms with Gasteiger partial charge in [-0.05, 0) is 26.0 Å². The summed E-state index contributed by atoms with van der Waals surface area (Å²) in [6.45, 7) is 3.79. The third kappa shape index (κ3) is 3.50. The number of hydrogen-bond acceptors (Lipinski definition) is 7. The molecule has 0 radical (unpaired) electrons. The Morgan fingerprint density at radius 1 is 1.31 bits per heavy atom. The van der Waals surface area contributed by atoms with Crippen LogP contribution in [0.1, 0.15) is 13.8 Å². The number of para-hydroxylation sites is 1. The molecule has 26 heavy (non-hydrogen) atoms. The minimum absolute atomic E-state index is 0.0693. The lowest BCUT2D eigenvalue weighted by atomic mass is 9.96. The number of nitrogens with zero attached hydrogens (tertiary/aromatic N) is 1. The van der Waals surface area contributed by atoms with Crippen LogP contribution < -0.4 is 9.50 Å². The number of benzene rings is 1. The fraction of sp³-hybridized carbons (Fsp3) is 0.471. The number of carbonyl (C=O) groups excluding carboxylic acids is 3. The molecule has 0 spiro atoms. The number of fused-ring (bicyclic) bond motifs is 1. The van der Waals surface area contributed by atoms with Crippen LogP contribution in [0.5, 0.6) is 5.75 Å². The molecule has 2 aliphatic heterocycles. The minimum Gasteiger partial charge on any atom is -0.467 e. The Morgan fingerprint density at radius 3 is 2.65 bits per heavy atom. The highest BCUT2D eigenvalue weighted by atomic mass is 32.2. The largest absolute Gasteiger partial charge is 0.467 e. The number of carbonyl (C=O) groups is 3. The Bertz CT molecular complexity index is 712. The van der Waals surface area contributed by atoms with Gasteiger partial charge in [-0.3, -0.25) is 9.59 Å². The summed E-state index contributed by atoms with van der Waals surface area (Å²) in [7, 11) is 1.31. The Labute approximate surface area is 160 Å². The molecule has 2 heterocycles. The van der Waals surface area contributed by atoms with Crippen LogP contribution in [0.4, 0.5) is 0 Å². The molecule has 0 aliphatic carbocycles. The van der Waals surface area contributed by atoms with Gasteiger partial charge in [-0.1, -0.05) is 18.2 Å². The first-order chi connectivity index (χ1) is 12.3. The molecule has 2 fully saturated rings. The smallest absolute Gasteiger partial charge is 0.330 e. The predicted molar refractivity (Wildman–Crippen MR) is 99.6 cm³/mol. The lowest BCUT2D eigenvalue weighted by Crippen LogP contribution is -2.70. The van der Waals surface area contributed by atoms with E-state index in [0.29, 0.717) is 5.75 Å². The van der Waals surface area contributed by atoms with Crippen molar-refractivity contribution in [2.45, 2.75) is 36.1 Å². The fourth-order valence-electron chi connectivity index (χ4n) is 3.08. The molecule has 1 aromatic rings. The van der Waals surface area contributed by atoms with Crippen LogP contribution in [0.2, 0.25) is 0 Å². The Balaban J connectivity index is 1.53. The van der Waals surface area contributed by atoms with Crippen molar-refractivity contribution in [3.8, 4) is 5.75 Å². The third-order valence-corrected chi connectivity index (χ3v) is 6.53. The van der Waals surface area contributed by atoms with Crippen LogP contribution in [-0.4, -0.2) is 57.8 Å². The summed E-state index contributed by atoms with van der Waals surface area (Å²) in [4.78, 5) is 38.1. The first-order valence-corrected chi connectivity index (χ1v) is 9.86. The second kappa shape index (κ2) is 7.40. The third-order valence-electron chi connectivity index (χ3n) is 4.27. The van der Waals surface area contributed by atoms with Crippen molar-refractivity contribution in [3.63, 3.8) is 0 Å². The average Bonchev–Trinajstić information content (AvgIpc) is 2.88. The predicted octanol–water partition coefficient (Wildman–Crippen LogP) is 1.43. The Morgan fingerprint density at radius 2 is 2.00 bits per heavy atom. The summed E-state index contributed by atoms with van der Waals surface area (Å²) in [5.41, 5.74) is 0. The van der Waals surface area contributed by atoms with Gasteiger partial charge in [-0.25, -0.2) is 4.79 Å². The van der Waals surface area contributed by atoms with E-state index in [0.717, 1.165) is 12.0 Å². The molecule has 7 nitrogen and oxygen atoms in total. The normalized spacial score (nSPS) is 25.9. The van der Waals surface area contributed by atoms with Crippen molar-refractivity contribution in [2.75, 3.05) is 12.9 Å². The highest BCUT2D eigenvalue weighted by Gasteiger charge is 2.64. The highest BCUT2D eigenvalue weighted by Crippen LogP contribution is 2.51. The van der Waals surface area contributed by atoms with Crippen LogP contribution in [0.15, 0.2) is 30.3 Å². The molecule has 140 valence electrons. The van der Waals surface area contributed by atoms with E-state index in [1.54, 1.807) is 12.1 Å². The van der Waals surface area contributed by atoms with Gasteiger partial charge in [0.15, 0.2) is 0 Å². The number of nitrogens with one attached hydrogen (secondary N) is 1. The van der Waals surface area contributed by atoms with E-state index in [-0.39, 0.29) is 22.9 Å². The van der Waals surface area contributed by atoms with Crippen LogP contribution in [0, 0.1) is 0 Å². The van der Waals surface area contributed by atoms with Gasteiger partial charge in [0.25, 0.3) is 0 Å². The second-order valence-electron chi connectivity index (χ2n) is 6.49. The Kier molecular flexibility index (Phi) is 5.38. The number of hydrogen-bond donors (Lipinski definition) is 1. The summed E-state index contributed by atoms with van der Waals surface area (Å²) in [6, 6.07) is 7.88. The number of thioether (sulfide) groups is 1. The molecule has 0 aromatic heterocycles. The molecular formula is C17H20N2O5S2. The molecule has 9 heteroatoms. The van der Waals surface area contributed by atoms with Gasteiger partial charge < -0.3 is 19.1 Å². The van der Waals surface area contributed by atoms with Gasteiger partial charge >= 0.3 is 5.97 Å². The number of ether oxygens (including phenoxy) is 1. The van der Waals surface area contributed by atoms with Crippen molar-refractivity contribution in [2.24, 2.45) is 0 Å². The Hall–Kier alpha value is -1.87. The van der Waals surface area contributed by atoms with E-state index in [9.17, 15) is 14.4 Å². The molecule has 2 amide bonds. The van der Waals surface area contributed by atoms with E-state index < -0.39 is 22.8 Å². The van der Waals surface area contributed by atoms with Crippen LogP contribution in [0.25, 0.3) is 0 Å². The maximum absolute atomic E-state index is 12.4. The molecule has 2 saturated heterocycles. The van der Waals surface area contributed by atoms with Gasteiger partial charge in [-0.2, -0.15) is 0 Å². The number of rotatable bonds is 6. The summed E-state index contributed by atoms with van der Waals surface area (Å²) < 4.78 is 9.77. The summed E-state index contributed by atoms with van der Waals surface area (Å²) in [5.74, 6) is -0.255. The van der Waals surface area contributed by atoms with Gasteiger partial charge in [0.05, 0.1) is 19.2 Å². The molecule has 2 aliphatic rings. The topological polar surface area (TPSA) is 84.9 Å². The molecule has 0 saturated carbocycles. The summed E-state index contributed by atoms with van der Waals surface area (Å²) >= 11 is 2.50. The summed E-state index contributed by atoms with van der Waals surface area (Å²) in [5, 5.41) is 2.48. The molecule has 3 rings (SSSR count). The van der Waals surface area contributed by atoms with Gasteiger partial charge in [0.2, 0.25) is 11.8 Å². The van der Waals surface area contributed by atoms with Gasteiger partial charge in [0, 0.05) is 4.75 Å². The first-order valence-electron chi connectivity index (χ1n) is 8.07. The molecule has 1 N–H and O–H groups in total. The average molecular weight is 396 g/mol. The maximum Gasteiger partial charge on any atom is 0.330 e. The SMILES string of the molecule is COC(=O)[C@@H]1N2C(=O)C(NC(=O)CSOc3ccccc3)[C@H]2SC1(C)C. The minimum atomic E-state index is -0.640. The molecule has 1 unspecified atom stereocenters. The van der Waals surface area contributed by atoms with Crippen molar-refractivity contribution in [3.05, 3.63) is 30.3 Å². The van der Waals surface area contributed by atoms with Crippen LogP contribution in [0.3, 0.4) is 0 Å². The summed E-state index contributed by atoms with van der Waals surface area (Å²) in [6.07, 6.45) is 0. The lowest BCUT2D eigenvalue weighted by Gasteiger charge is -2.43. The quantitative estimate of drug-likeness (QED) is 0.442. The van der Waals surface area contributed by atoms with E-state index in [4.69, 9.17) is 8.92 Å². The number of β-lactam (4-membered cyclic amide) rings is 1. The van der Waals surface area contributed by atoms with Crippen molar-refractivity contribution in [1.82, 2.24) is 10.2 Å². The number of amides is 2. The highest BCUT2D eigenvalue weighted by molar-refractivity contribution is 8.01. The van der Waals surface area contributed by atoms with Crippen molar-refractivity contribution >= 4 is 41.6 Å². The van der Waals surface area contributed by atoms with Crippen LogP contribution >= 0.6 is 23.8 Å². The van der Waals surface area contributed by atoms with E-state index >= 15 is 0 Å². The monoisotopic (exact) mass is 396 g/mol. The van der Waals surface area contributed by atoms with Gasteiger partial charge in [0.1, 0.15) is 29.0 Å². The lowest BCUT2D eigenvalue weighted by molar-refractivity contribution is -0.162. The zero-order valence-electron chi connectivity index (χ0n) is 14.6. The number of methoxy groups -OCH3 is 1. The van der Waals surface area contributed by atoms with Crippen LogP contribution in [-0.2, 0) is 19.1 Å². The molecule has 3 atom stereocenters.